The molecule has 0 aliphatic rings. The summed E-state index contributed by atoms with van der Waals surface area (Å²) in [7, 11) is 6.50. The molecule has 10 nitrogen and oxygen atoms in total. The van der Waals surface area contributed by atoms with E-state index in [0.29, 0.717) is 52.7 Å². The van der Waals surface area contributed by atoms with Crippen molar-refractivity contribution in [3.63, 3.8) is 0 Å². The second kappa shape index (κ2) is 10.5. The van der Waals surface area contributed by atoms with E-state index in [9.17, 15) is 9.59 Å². The molecule has 0 aliphatic carbocycles. The summed E-state index contributed by atoms with van der Waals surface area (Å²) in [6.45, 7) is 2.26. The summed E-state index contributed by atoms with van der Waals surface area (Å²) >= 11 is 0. The fourth-order valence-corrected chi connectivity index (χ4v) is 4.10. The lowest BCUT2D eigenvalue weighted by Gasteiger charge is -2.13. The topological polar surface area (TPSA) is 109 Å². The van der Waals surface area contributed by atoms with E-state index in [1.807, 2.05) is 36.7 Å². The molecule has 0 saturated heterocycles. The maximum atomic E-state index is 13.4. The zero-order valence-corrected chi connectivity index (χ0v) is 21.0. The number of carbonyl (C=O) groups excluding carboxylic acids is 1. The van der Waals surface area contributed by atoms with Gasteiger partial charge >= 0.3 is 0 Å². The van der Waals surface area contributed by atoms with Crippen LogP contribution in [0.4, 0.5) is 0 Å². The Hall–Kier alpha value is -4.34. The number of nitrogens with one attached hydrogen (secondary N) is 1. The Morgan fingerprint density at radius 2 is 1.81 bits per heavy atom. The minimum absolute atomic E-state index is 0.140. The quantitative estimate of drug-likeness (QED) is 0.383. The fourth-order valence-electron chi connectivity index (χ4n) is 4.10. The van der Waals surface area contributed by atoms with Crippen molar-refractivity contribution >= 4 is 11.6 Å². The molecular formula is C26H29N5O5. The Kier molecular flexibility index (Phi) is 7.23. The van der Waals surface area contributed by atoms with Crippen LogP contribution in [-0.2, 0) is 24.8 Å². The number of nitrogens with zero attached hydrogens (tertiary/aromatic N) is 4. The van der Waals surface area contributed by atoms with Crippen LogP contribution in [0.3, 0.4) is 0 Å². The highest BCUT2D eigenvalue weighted by atomic mass is 16.5. The van der Waals surface area contributed by atoms with Gasteiger partial charge in [0.2, 0.25) is 11.7 Å². The zero-order chi connectivity index (χ0) is 25.8. The number of rotatable bonds is 9. The van der Waals surface area contributed by atoms with E-state index in [1.54, 1.807) is 38.7 Å². The molecule has 0 spiro atoms. The summed E-state index contributed by atoms with van der Waals surface area (Å²) in [6, 6.07) is 9.12. The van der Waals surface area contributed by atoms with Gasteiger partial charge < -0.3 is 24.1 Å². The Morgan fingerprint density at radius 3 is 2.42 bits per heavy atom. The van der Waals surface area contributed by atoms with Gasteiger partial charge in [0.15, 0.2) is 11.5 Å². The predicted molar refractivity (Wildman–Crippen MR) is 135 cm³/mol. The molecule has 0 fully saturated rings. The molecule has 3 aromatic heterocycles. The molecule has 4 aromatic rings. The van der Waals surface area contributed by atoms with Crippen molar-refractivity contribution in [3.8, 4) is 28.5 Å². The van der Waals surface area contributed by atoms with Gasteiger partial charge in [-0.05, 0) is 37.1 Å². The number of carbonyl (C=O) groups is 1. The third kappa shape index (κ3) is 4.74. The average Bonchev–Trinajstić information content (AvgIpc) is 3.36. The van der Waals surface area contributed by atoms with Crippen molar-refractivity contribution in [2.75, 3.05) is 21.3 Å². The van der Waals surface area contributed by atoms with Crippen molar-refractivity contribution in [2.45, 2.75) is 26.3 Å². The summed E-state index contributed by atoms with van der Waals surface area (Å²) in [6.07, 6.45) is 3.87. The summed E-state index contributed by atoms with van der Waals surface area (Å²) in [5.74, 6) is 1.32. The minimum atomic E-state index is -0.251. The summed E-state index contributed by atoms with van der Waals surface area (Å²) < 4.78 is 19.6. The van der Waals surface area contributed by atoms with Crippen LogP contribution >= 0.6 is 0 Å². The first kappa shape index (κ1) is 24.8. The molecule has 0 saturated carbocycles. The molecular weight excluding hydrogens is 462 g/mol. The largest absolute Gasteiger partial charge is 0.493 e. The average molecular weight is 492 g/mol. The molecule has 0 radical (unpaired) electrons. The third-order valence-electron chi connectivity index (χ3n) is 6.20. The number of hydrogen-bond acceptors (Lipinski definition) is 7. The molecule has 0 atom stereocenters. The van der Waals surface area contributed by atoms with Gasteiger partial charge in [-0.1, -0.05) is 6.07 Å². The second-order valence-electron chi connectivity index (χ2n) is 8.28. The van der Waals surface area contributed by atoms with Gasteiger partial charge in [0.1, 0.15) is 5.65 Å². The lowest BCUT2D eigenvalue weighted by atomic mass is 10.1. The normalized spacial score (nSPS) is 10.9. The molecule has 1 amide bonds. The van der Waals surface area contributed by atoms with Crippen LogP contribution in [0.15, 0.2) is 47.5 Å². The molecule has 36 heavy (non-hydrogen) atoms. The minimum Gasteiger partial charge on any atom is -0.493 e. The Morgan fingerprint density at radius 1 is 1.08 bits per heavy atom. The van der Waals surface area contributed by atoms with Crippen molar-refractivity contribution in [1.82, 2.24) is 24.5 Å². The van der Waals surface area contributed by atoms with E-state index in [2.05, 4.69) is 15.4 Å². The number of pyridine rings is 1. The van der Waals surface area contributed by atoms with Crippen LogP contribution in [0.1, 0.15) is 23.2 Å². The van der Waals surface area contributed by atoms with Crippen molar-refractivity contribution in [2.24, 2.45) is 7.05 Å². The van der Waals surface area contributed by atoms with E-state index in [1.165, 1.54) is 11.6 Å². The van der Waals surface area contributed by atoms with Crippen LogP contribution in [0.2, 0.25) is 0 Å². The number of hydrogen-bond donors (Lipinski definition) is 1. The third-order valence-corrected chi connectivity index (χ3v) is 6.20. The molecule has 1 aromatic carbocycles. The first-order chi connectivity index (χ1) is 17.4. The van der Waals surface area contributed by atoms with Gasteiger partial charge in [0, 0.05) is 55.3 Å². The zero-order valence-electron chi connectivity index (χ0n) is 21.0. The number of aryl methyl sites for hydroxylation is 1. The van der Waals surface area contributed by atoms with Crippen LogP contribution in [0, 0.1) is 6.92 Å². The highest BCUT2D eigenvalue weighted by Gasteiger charge is 2.19. The lowest BCUT2D eigenvalue weighted by Crippen LogP contribution is -2.28. The van der Waals surface area contributed by atoms with Crippen molar-refractivity contribution in [1.29, 1.82) is 0 Å². The standard InChI is InChI=1S/C26H29N5O5/c1-16-19(8-9-23(32)28-15-17-7-6-10-27-14-17)26(33)31-24(30(16)2)13-20(29-31)18-11-21(34-3)25(36-5)22(12-18)35-4/h6-7,10-14H,8-9,15H2,1-5H3,(H,28,32). The van der Waals surface area contributed by atoms with Gasteiger partial charge in [0.25, 0.3) is 5.56 Å². The van der Waals surface area contributed by atoms with Crippen LogP contribution < -0.4 is 25.1 Å². The monoisotopic (exact) mass is 491 g/mol. The first-order valence-electron chi connectivity index (χ1n) is 11.4. The van der Waals surface area contributed by atoms with Gasteiger partial charge in [-0.15, -0.1) is 0 Å². The van der Waals surface area contributed by atoms with E-state index in [0.717, 1.165) is 11.3 Å². The summed E-state index contributed by atoms with van der Waals surface area (Å²) in [5.41, 5.74) is 3.90. The fraction of sp³-hybridized carbons (Fsp3) is 0.308. The smallest absolute Gasteiger partial charge is 0.277 e. The number of methoxy groups -OCH3 is 3. The van der Waals surface area contributed by atoms with Crippen LogP contribution in [-0.4, -0.2) is 46.4 Å². The number of aromatic nitrogens is 4. The summed E-state index contributed by atoms with van der Waals surface area (Å²) in [5, 5.41) is 7.45. The Bertz CT molecular complexity index is 1430. The molecule has 1 N–H and O–H groups in total. The molecule has 0 unspecified atom stereocenters. The molecule has 188 valence electrons. The first-order valence-corrected chi connectivity index (χ1v) is 11.4. The van der Waals surface area contributed by atoms with Gasteiger partial charge in [-0.25, -0.2) is 0 Å². The van der Waals surface area contributed by atoms with Gasteiger partial charge in [-0.3, -0.25) is 14.6 Å². The number of amides is 1. The highest BCUT2D eigenvalue weighted by molar-refractivity contribution is 5.76. The van der Waals surface area contributed by atoms with E-state index >= 15 is 0 Å². The Labute approximate surface area is 208 Å². The second-order valence-corrected chi connectivity index (χ2v) is 8.28. The molecule has 3 heterocycles. The van der Waals surface area contributed by atoms with E-state index in [-0.39, 0.29) is 17.9 Å². The lowest BCUT2D eigenvalue weighted by molar-refractivity contribution is -0.121. The number of ether oxygens (including phenoxy) is 3. The Balaban J connectivity index is 1.63. The van der Waals surface area contributed by atoms with Crippen LogP contribution in [0.25, 0.3) is 16.9 Å². The molecule has 0 bridgehead atoms. The van der Waals surface area contributed by atoms with Gasteiger partial charge in [0.05, 0.1) is 27.0 Å². The maximum absolute atomic E-state index is 13.4. The summed E-state index contributed by atoms with van der Waals surface area (Å²) in [4.78, 5) is 29.8. The van der Waals surface area contributed by atoms with Gasteiger partial charge in [-0.2, -0.15) is 9.61 Å². The SMILES string of the molecule is COc1cc(-c2cc3n(C)c(C)c(CCC(=O)NCc4cccnc4)c(=O)n3n2)cc(OC)c1OC. The highest BCUT2D eigenvalue weighted by Crippen LogP contribution is 2.41. The molecule has 4 rings (SSSR count). The molecule has 0 aliphatic heterocycles. The van der Waals surface area contributed by atoms with Crippen LogP contribution in [0.5, 0.6) is 17.2 Å². The van der Waals surface area contributed by atoms with E-state index < -0.39 is 0 Å². The van der Waals surface area contributed by atoms with Crippen molar-refractivity contribution < 1.29 is 19.0 Å². The number of benzene rings is 1. The molecule has 10 heteroatoms. The predicted octanol–water partition coefficient (Wildman–Crippen LogP) is 2.68. The van der Waals surface area contributed by atoms with E-state index in [4.69, 9.17) is 14.2 Å². The van der Waals surface area contributed by atoms with Crippen molar-refractivity contribution in [3.05, 3.63) is 69.9 Å². The number of fused-ring (bicyclic) bond motifs is 1. The maximum Gasteiger partial charge on any atom is 0.277 e.